The number of hydrogen-bond donors (Lipinski definition) is 1. The van der Waals surface area contributed by atoms with Crippen LogP contribution in [0.5, 0.6) is 0 Å². The molecule has 0 saturated heterocycles. The normalized spacial score (nSPS) is 14.6. The van der Waals surface area contributed by atoms with Gasteiger partial charge in [-0.3, -0.25) is 0 Å². The molecule has 1 N–H and O–H groups in total. The maximum atomic E-state index is 13.1. The molecule has 142 valence electrons. The third-order valence-corrected chi connectivity index (χ3v) is 2.61. The summed E-state index contributed by atoms with van der Waals surface area (Å²) in [5.74, 6) is -18.9. The number of aliphatic hydroxyl groups is 1. The molecule has 1 atom stereocenters. The standard InChI is InChI=1S/C12H14F8O4/c1-2-8(22)24-6-7(21)5-23-4-3-10(15,16)12(19,20)11(17,18)9(13)14/h2,7,9,21H,1,3-6H2. The zero-order valence-corrected chi connectivity index (χ0v) is 12.0. The molecule has 12 heteroatoms. The molecule has 0 bridgehead atoms. The summed E-state index contributed by atoms with van der Waals surface area (Å²) in [4.78, 5) is 10.6. The maximum absolute atomic E-state index is 13.1. The van der Waals surface area contributed by atoms with Crippen LogP contribution in [0.25, 0.3) is 0 Å². The van der Waals surface area contributed by atoms with Crippen LogP contribution in [-0.2, 0) is 14.3 Å². The van der Waals surface area contributed by atoms with Crippen molar-refractivity contribution < 1.29 is 54.5 Å². The fourth-order valence-electron chi connectivity index (χ4n) is 1.24. The fraction of sp³-hybridized carbons (Fsp3) is 0.750. The minimum Gasteiger partial charge on any atom is -0.460 e. The summed E-state index contributed by atoms with van der Waals surface area (Å²) in [7, 11) is 0. The van der Waals surface area contributed by atoms with Crippen LogP contribution < -0.4 is 0 Å². The Morgan fingerprint density at radius 1 is 1.12 bits per heavy atom. The van der Waals surface area contributed by atoms with E-state index in [1.54, 1.807) is 0 Å². The summed E-state index contributed by atoms with van der Waals surface area (Å²) in [6.45, 7) is 0.421. The summed E-state index contributed by atoms with van der Waals surface area (Å²) in [6, 6.07) is 0. The van der Waals surface area contributed by atoms with Crippen molar-refractivity contribution in [2.24, 2.45) is 0 Å². The average Bonchev–Trinajstić information content (AvgIpc) is 2.48. The predicted octanol–water partition coefficient (Wildman–Crippen LogP) is 2.65. The second kappa shape index (κ2) is 8.60. The van der Waals surface area contributed by atoms with E-state index in [2.05, 4.69) is 16.1 Å². The Morgan fingerprint density at radius 3 is 2.12 bits per heavy atom. The number of aliphatic hydroxyl groups excluding tert-OH is 1. The third kappa shape index (κ3) is 5.58. The minimum atomic E-state index is -6.30. The van der Waals surface area contributed by atoms with Gasteiger partial charge in [0.25, 0.3) is 0 Å². The van der Waals surface area contributed by atoms with Gasteiger partial charge in [0.15, 0.2) is 0 Å². The molecule has 0 rings (SSSR count). The van der Waals surface area contributed by atoms with Gasteiger partial charge in [-0.2, -0.15) is 26.3 Å². The zero-order valence-electron chi connectivity index (χ0n) is 12.0. The molecule has 0 amide bonds. The Balaban J connectivity index is 4.43. The zero-order chi connectivity index (χ0) is 19.2. The van der Waals surface area contributed by atoms with Crippen LogP contribution in [0.4, 0.5) is 35.1 Å². The molecule has 0 heterocycles. The summed E-state index contributed by atoms with van der Waals surface area (Å²) in [5.41, 5.74) is 0. The molecule has 0 aliphatic carbocycles. The van der Waals surface area contributed by atoms with E-state index in [4.69, 9.17) is 0 Å². The van der Waals surface area contributed by atoms with E-state index in [1.807, 2.05) is 0 Å². The lowest BCUT2D eigenvalue weighted by Gasteiger charge is -2.32. The van der Waals surface area contributed by atoms with Crippen molar-refractivity contribution in [1.82, 2.24) is 0 Å². The Kier molecular flexibility index (Phi) is 8.09. The van der Waals surface area contributed by atoms with Crippen LogP contribution in [0, 0.1) is 0 Å². The van der Waals surface area contributed by atoms with E-state index >= 15 is 0 Å². The second-order valence-electron chi connectivity index (χ2n) is 4.52. The van der Waals surface area contributed by atoms with E-state index in [0.29, 0.717) is 0 Å². The van der Waals surface area contributed by atoms with E-state index in [-0.39, 0.29) is 0 Å². The topological polar surface area (TPSA) is 55.8 Å². The number of esters is 1. The summed E-state index contributed by atoms with van der Waals surface area (Å²) in [5, 5.41) is 9.19. The molecule has 0 spiro atoms. The lowest BCUT2D eigenvalue weighted by Crippen LogP contribution is -2.57. The van der Waals surface area contributed by atoms with Gasteiger partial charge in [-0.15, -0.1) is 0 Å². The van der Waals surface area contributed by atoms with Crippen molar-refractivity contribution in [3.63, 3.8) is 0 Å². The van der Waals surface area contributed by atoms with Crippen molar-refractivity contribution in [2.45, 2.75) is 36.7 Å². The molecular formula is C12H14F8O4. The number of hydrogen-bond acceptors (Lipinski definition) is 4. The Hall–Kier alpha value is -1.43. The fourth-order valence-corrected chi connectivity index (χ4v) is 1.24. The summed E-state index contributed by atoms with van der Waals surface area (Å²) >= 11 is 0. The predicted molar refractivity (Wildman–Crippen MR) is 63.4 cm³/mol. The number of rotatable bonds is 11. The van der Waals surface area contributed by atoms with Gasteiger partial charge in [0.05, 0.1) is 13.2 Å². The molecule has 0 aromatic carbocycles. The summed E-state index contributed by atoms with van der Waals surface area (Å²) < 4.78 is 109. The van der Waals surface area contributed by atoms with Crippen molar-refractivity contribution in [3.8, 4) is 0 Å². The Labute approximate surface area is 131 Å². The van der Waals surface area contributed by atoms with E-state index < -0.39 is 62.5 Å². The van der Waals surface area contributed by atoms with E-state index in [9.17, 15) is 45.0 Å². The molecule has 0 fully saturated rings. The first-order valence-electron chi connectivity index (χ1n) is 6.26. The smallest absolute Gasteiger partial charge is 0.377 e. The third-order valence-electron chi connectivity index (χ3n) is 2.61. The molecule has 0 radical (unpaired) electrons. The van der Waals surface area contributed by atoms with Gasteiger partial charge in [-0.25, -0.2) is 13.6 Å². The number of carbonyl (C=O) groups is 1. The molecule has 4 nitrogen and oxygen atoms in total. The molecule has 24 heavy (non-hydrogen) atoms. The number of ether oxygens (including phenoxy) is 2. The quantitative estimate of drug-likeness (QED) is 0.262. The van der Waals surface area contributed by atoms with Gasteiger partial charge in [0.1, 0.15) is 12.7 Å². The first-order valence-corrected chi connectivity index (χ1v) is 6.26. The molecule has 1 unspecified atom stereocenters. The molecule has 0 saturated carbocycles. The SMILES string of the molecule is C=CC(=O)OCC(O)COCCC(F)(F)C(F)(F)C(F)(F)C(F)F. The lowest BCUT2D eigenvalue weighted by molar-refractivity contribution is -0.340. The molecule has 0 aliphatic heterocycles. The van der Waals surface area contributed by atoms with Gasteiger partial charge in [0.2, 0.25) is 0 Å². The van der Waals surface area contributed by atoms with Crippen LogP contribution in [0.2, 0.25) is 0 Å². The highest BCUT2D eigenvalue weighted by molar-refractivity contribution is 5.81. The van der Waals surface area contributed by atoms with Gasteiger partial charge < -0.3 is 14.6 Å². The van der Waals surface area contributed by atoms with Crippen molar-refractivity contribution >= 4 is 5.97 Å². The largest absolute Gasteiger partial charge is 0.460 e. The Bertz CT molecular complexity index is 427. The van der Waals surface area contributed by atoms with Crippen LogP contribution in [0.15, 0.2) is 12.7 Å². The molecule has 0 aromatic heterocycles. The van der Waals surface area contributed by atoms with Gasteiger partial charge in [0, 0.05) is 12.5 Å². The highest BCUT2D eigenvalue weighted by Crippen LogP contribution is 2.49. The Morgan fingerprint density at radius 2 is 1.67 bits per heavy atom. The highest BCUT2D eigenvalue weighted by atomic mass is 19.4. The first kappa shape index (κ1) is 22.6. The highest BCUT2D eigenvalue weighted by Gasteiger charge is 2.74. The number of carbonyl (C=O) groups excluding carboxylic acids is 1. The van der Waals surface area contributed by atoms with Gasteiger partial charge in [-0.1, -0.05) is 6.58 Å². The monoisotopic (exact) mass is 374 g/mol. The second-order valence-corrected chi connectivity index (χ2v) is 4.52. The molecule has 0 aromatic rings. The molecular weight excluding hydrogens is 360 g/mol. The van der Waals surface area contributed by atoms with Crippen molar-refractivity contribution in [2.75, 3.05) is 19.8 Å². The van der Waals surface area contributed by atoms with E-state index in [0.717, 1.165) is 6.08 Å². The molecule has 0 aliphatic rings. The van der Waals surface area contributed by atoms with Crippen LogP contribution in [0.1, 0.15) is 6.42 Å². The maximum Gasteiger partial charge on any atom is 0.377 e. The number of alkyl halides is 8. The van der Waals surface area contributed by atoms with Crippen LogP contribution in [0.3, 0.4) is 0 Å². The first-order chi connectivity index (χ1) is 10.8. The van der Waals surface area contributed by atoms with E-state index in [1.165, 1.54) is 0 Å². The lowest BCUT2D eigenvalue weighted by atomic mass is 10.0. The van der Waals surface area contributed by atoms with Crippen LogP contribution in [-0.4, -0.2) is 61.2 Å². The van der Waals surface area contributed by atoms with Gasteiger partial charge >= 0.3 is 30.2 Å². The average molecular weight is 374 g/mol. The summed E-state index contributed by atoms with van der Waals surface area (Å²) in [6.07, 6.45) is -7.73. The van der Waals surface area contributed by atoms with Crippen LogP contribution >= 0.6 is 0 Å². The minimum absolute atomic E-state index is 0.624. The number of halogens is 8. The van der Waals surface area contributed by atoms with Crippen molar-refractivity contribution in [3.05, 3.63) is 12.7 Å². The van der Waals surface area contributed by atoms with Gasteiger partial charge in [-0.05, 0) is 0 Å². The van der Waals surface area contributed by atoms with Crippen molar-refractivity contribution in [1.29, 1.82) is 0 Å².